The molecule has 26 heavy (non-hydrogen) atoms. The first-order valence-electron chi connectivity index (χ1n) is 9.19. The summed E-state index contributed by atoms with van der Waals surface area (Å²) in [7, 11) is 0. The van der Waals surface area contributed by atoms with Crippen molar-refractivity contribution in [1.82, 2.24) is 20.2 Å². The van der Waals surface area contributed by atoms with Crippen molar-refractivity contribution in [3.8, 4) is 0 Å². The van der Waals surface area contributed by atoms with Crippen LogP contribution in [0.3, 0.4) is 0 Å². The van der Waals surface area contributed by atoms with E-state index in [9.17, 15) is 4.79 Å². The minimum Gasteiger partial charge on any atom is -0.309 e. The SMILES string of the molecule is CC(C)(C)n1nnc(CC(=O)N2CC3(CCCC3)c3cccc(Cl)c32)n1. The number of carbonyl (C=O) groups is 1. The van der Waals surface area contributed by atoms with Crippen LogP contribution in [0.1, 0.15) is 57.8 Å². The molecule has 0 N–H and O–H groups in total. The fraction of sp³-hybridized carbons (Fsp3) is 0.579. The van der Waals surface area contributed by atoms with Crippen molar-refractivity contribution in [1.29, 1.82) is 0 Å². The van der Waals surface area contributed by atoms with Crippen molar-refractivity contribution in [2.24, 2.45) is 0 Å². The van der Waals surface area contributed by atoms with Crippen molar-refractivity contribution in [2.45, 2.75) is 63.8 Å². The van der Waals surface area contributed by atoms with Gasteiger partial charge >= 0.3 is 0 Å². The van der Waals surface area contributed by atoms with Gasteiger partial charge in [-0.1, -0.05) is 36.6 Å². The molecule has 1 aliphatic carbocycles. The highest BCUT2D eigenvalue weighted by Crippen LogP contribution is 2.52. The van der Waals surface area contributed by atoms with Crippen LogP contribution in [0, 0.1) is 0 Å². The molecule has 0 bridgehead atoms. The molecule has 1 amide bonds. The monoisotopic (exact) mass is 373 g/mol. The summed E-state index contributed by atoms with van der Waals surface area (Å²) >= 11 is 6.50. The first-order valence-corrected chi connectivity index (χ1v) is 9.57. The number of benzene rings is 1. The van der Waals surface area contributed by atoms with E-state index in [4.69, 9.17) is 11.6 Å². The van der Waals surface area contributed by atoms with Gasteiger partial charge in [0.2, 0.25) is 5.91 Å². The van der Waals surface area contributed by atoms with Crippen LogP contribution >= 0.6 is 11.6 Å². The number of tetrazole rings is 1. The van der Waals surface area contributed by atoms with Crippen molar-refractivity contribution < 1.29 is 4.79 Å². The lowest BCUT2D eigenvalue weighted by Crippen LogP contribution is -2.36. The smallest absolute Gasteiger partial charge is 0.234 e. The van der Waals surface area contributed by atoms with E-state index >= 15 is 0 Å². The molecule has 2 aliphatic rings. The molecule has 1 aliphatic heterocycles. The number of hydrogen-bond acceptors (Lipinski definition) is 4. The molecule has 7 heteroatoms. The number of amides is 1. The van der Waals surface area contributed by atoms with Crippen LogP contribution < -0.4 is 4.90 Å². The largest absolute Gasteiger partial charge is 0.309 e. The van der Waals surface area contributed by atoms with Crippen LogP contribution in [0.2, 0.25) is 5.02 Å². The Morgan fingerprint density at radius 3 is 2.65 bits per heavy atom. The maximum atomic E-state index is 13.1. The zero-order chi connectivity index (χ0) is 18.5. The Labute approximate surface area is 158 Å². The van der Waals surface area contributed by atoms with Crippen LogP contribution in [0.25, 0.3) is 0 Å². The first kappa shape index (κ1) is 17.5. The molecular formula is C19H24ClN5O. The Balaban J connectivity index is 1.62. The number of rotatable bonds is 2. The highest BCUT2D eigenvalue weighted by molar-refractivity contribution is 6.34. The molecule has 4 rings (SSSR count). The molecule has 1 spiro atoms. The minimum absolute atomic E-state index is 0.0171. The molecule has 6 nitrogen and oxygen atoms in total. The van der Waals surface area contributed by atoms with E-state index in [1.54, 1.807) is 4.80 Å². The van der Waals surface area contributed by atoms with Crippen molar-refractivity contribution in [3.05, 3.63) is 34.6 Å². The molecule has 1 aromatic heterocycles. The normalized spacial score (nSPS) is 18.5. The number of aromatic nitrogens is 4. The molecule has 2 aromatic rings. The summed E-state index contributed by atoms with van der Waals surface area (Å²) in [6.45, 7) is 6.71. The molecule has 0 atom stereocenters. The summed E-state index contributed by atoms with van der Waals surface area (Å²) < 4.78 is 0. The third kappa shape index (κ3) is 2.80. The average molecular weight is 374 g/mol. The standard InChI is InChI=1S/C19H24ClN5O/c1-18(2,3)25-22-15(21-23-25)11-16(26)24-12-19(9-4-5-10-19)13-7-6-8-14(20)17(13)24/h6-8H,4-5,9-12H2,1-3H3. The van der Waals surface area contributed by atoms with Crippen LogP contribution in [0.15, 0.2) is 18.2 Å². The fourth-order valence-electron chi connectivity index (χ4n) is 4.21. The van der Waals surface area contributed by atoms with Gasteiger partial charge in [-0.05, 0) is 50.5 Å². The maximum absolute atomic E-state index is 13.1. The molecule has 1 fully saturated rings. The molecule has 1 aromatic carbocycles. The van der Waals surface area contributed by atoms with Gasteiger partial charge in [0.15, 0.2) is 5.82 Å². The Morgan fingerprint density at radius 2 is 2.00 bits per heavy atom. The lowest BCUT2D eigenvalue weighted by molar-refractivity contribution is -0.118. The van der Waals surface area contributed by atoms with Gasteiger partial charge in [-0.25, -0.2) is 0 Å². The van der Waals surface area contributed by atoms with Gasteiger partial charge in [-0.3, -0.25) is 4.79 Å². The van der Waals surface area contributed by atoms with Gasteiger partial charge in [-0.15, -0.1) is 10.2 Å². The maximum Gasteiger partial charge on any atom is 0.234 e. The molecule has 0 radical (unpaired) electrons. The van der Waals surface area contributed by atoms with Crippen molar-refractivity contribution in [2.75, 3.05) is 11.4 Å². The second-order valence-corrected chi connectivity index (χ2v) is 8.85. The quantitative estimate of drug-likeness (QED) is 0.808. The zero-order valence-corrected chi connectivity index (χ0v) is 16.3. The molecule has 2 heterocycles. The van der Waals surface area contributed by atoms with Gasteiger partial charge in [0.05, 0.1) is 22.7 Å². The summed E-state index contributed by atoms with van der Waals surface area (Å²) in [4.78, 5) is 16.5. The number of anilines is 1. The predicted octanol–water partition coefficient (Wildman–Crippen LogP) is 3.48. The van der Waals surface area contributed by atoms with Gasteiger partial charge in [0.25, 0.3) is 0 Å². The topological polar surface area (TPSA) is 63.9 Å². The minimum atomic E-state index is -0.258. The summed E-state index contributed by atoms with van der Waals surface area (Å²) in [5, 5.41) is 13.2. The number of hydrogen-bond donors (Lipinski definition) is 0. The molecular weight excluding hydrogens is 350 g/mol. The number of fused-ring (bicyclic) bond motifs is 2. The highest BCUT2D eigenvalue weighted by atomic mass is 35.5. The average Bonchev–Trinajstić information content (AvgIpc) is 3.28. The van der Waals surface area contributed by atoms with Gasteiger partial charge in [-0.2, -0.15) is 4.80 Å². The lowest BCUT2D eigenvalue weighted by Gasteiger charge is -2.24. The lowest BCUT2D eigenvalue weighted by atomic mass is 9.81. The van der Waals surface area contributed by atoms with E-state index in [2.05, 4.69) is 21.5 Å². The van der Waals surface area contributed by atoms with E-state index in [0.29, 0.717) is 17.4 Å². The Bertz CT molecular complexity index is 848. The van der Waals surface area contributed by atoms with Crippen molar-refractivity contribution in [3.63, 3.8) is 0 Å². The molecule has 1 saturated carbocycles. The van der Waals surface area contributed by atoms with E-state index < -0.39 is 0 Å². The number of carbonyl (C=O) groups excluding carboxylic acids is 1. The highest BCUT2D eigenvalue weighted by Gasteiger charge is 2.47. The third-order valence-corrected chi connectivity index (χ3v) is 5.82. The van der Waals surface area contributed by atoms with Gasteiger partial charge in [0.1, 0.15) is 0 Å². The Morgan fingerprint density at radius 1 is 1.27 bits per heavy atom. The molecule has 138 valence electrons. The number of halogens is 1. The third-order valence-electron chi connectivity index (χ3n) is 5.51. The Kier molecular flexibility index (Phi) is 4.06. The first-order chi connectivity index (χ1) is 12.3. The summed E-state index contributed by atoms with van der Waals surface area (Å²) in [5.74, 6) is 0.433. The summed E-state index contributed by atoms with van der Waals surface area (Å²) in [5.41, 5.74) is 1.91. The predicted molar refractivity (Wildman–Crippen MR) is 100 cm³/mol. The fourth-order valence-corrected chi connectivity index (χ4v) is 4.48. The van der Waals surface area contributed by atoms with Gasteiger partial charge < -0.3 is 4.90 Å². The number of nitrogens with zero attached hydrogens (tertiary/aromatic N) is 5. The van der Waals surface area contributed by atoms with Crippen LogP contribution in [-0.2, 0) is 22.2 Å². The molecule has 0 unspecified atom stereocenters. The van der Waals surface area contributed by atoms with E-state index in [0.717, 1.165) is 18.5 Å². The zero-order valence-electron chi connectivity index (χ0n) is 15.5. The van der Waals surface area contributed by atoms with E-state index in [1.807, 2.05) is 37.8 Å². The van der Waals surface area contributed by atoms with E-state index in [-0.39, 0.29) is 23.3 Å². The van der Waals surface area contributed by atoms with Crippen LogP contribution in [-0.4, -0.2) is 32.7 Å². The second kappa shape index (κ2) is 6.05. The number of para-hydroxylation sites is 1. The Hall–Kier alpha value is -1.95. The van der Waals surface area contributed by atoms with Gasteiger partial charge in [0, 0.05) is 12.0 Å². The van der Waals surface area contributed by atoms with Crippen LogP contribution in [0.4, 0.5) is 5.69 Å². The molecule has 0 saturated heterocycles. The van der Waals surface area contributed by atoms with Crippen LogP contribution in [0.5, 0.6) is 0 Å². The van der Waals surface area contributed by atoms with E-state index in [1.165, 1.54) is 18.4 Å². The summed E-state index contributed by atoms with van der Waals surface area (Å²) in [6.07, 6.45) is 4.77. The summed E-state index contributed by atoms with van der Waals surface area (Å²) in [6, 6.07) is 5.99. The van der Waals surface area contributed by atoms with Crippen molar-refractivity contribution >= 4 is 23.2 Å². The second-order valence-electron chi connectivity index (χ2n) is 8.45.